The molecule has 21 heavy (non-hydrogen) atoms. The fraction of sp³-hybridized carbons (Fsp3) is 0.375. The number of carboxylic acid groups (broad SMARTS) is 1. The fourth-order valence-corrected chi connectivity index (χ4v) is 1.74. The summed E-state index contributed by atoms with van der Waals surface area (Å²) in [5.74, 6) is 1.41. The van der Waals surface area contributed by atoms with Crippen molar-refractivity contribution in [3.8, 4) is 12.3 Å². The van der Waals surface area contributed by atoms with Crippen molar-refractivity contribution < 1.29 is 19.4 Å². The van der Waals surface area contributed by atoms with Gasteiger partial charge in [-0.15, -0.1) is 12.3 Å². The number of benzene rings is 1. The van der Waals surface area contributed by atoms with Gasteiger partial charge in [0.15, 0.2) is 0 Å². The molecule has 0 spiro atoms. The summed E-state index contributed by atoms with van der Waals surface area (Å²) in [6, 6.07) is 8.22. The van der Waals surface area contributed by atoms with E-state index in [1.54, 1.807) is 0 Å². The minimum Gasteiger partial charge on any atom is -0.480 e. The minimum atomic E-state index is -1.08. The van der Waals surface area contributed by atoms with Crippen molar-refractivity contribution in [1.82, 2.24) is 5.32 Å². The van der Waals surface area contributed by atoms with E-state index in [-0.39, 0.29) is 6.61 Å². The van der Waals surface area contributed by atoms with Crippen LogP contribution >= 0.6 is 0 Å². The Kier molecular flexibility index (Phi) is 7.44. The van der Waals surface area contributed by atoms with E-state index in [9.17, 15) is 9.59 Å². The van der Waals surface area contributed by atoms with Crippen molar-refractivity contribution >= 4 is 12.1 Å². The molecule has 0 aliphatic rings. The number of alkyl carbamates (subject to hydrolysis) is 1. The molecule has 0 radical (unpaired) electrons. The van der Waals surface area contributed by atoms with Crippen LogP contribution in [0.15, 0.2) is 30.3 Å². The van der Waals surface area contributed by atoms with Gasteiger partial charge in [0.05, 0.1) is 0 Å². The largest absolute Gasteiger partial charge is 0.480 e. The molecule has 1 rings (SSSR count). The second kappa shape index (κ2) is 9.43. The monoisotopic (exact) mass is 289 g/mol. The number of carboxylic acids is 1. The molecule has 0 aromatic heterocycles. The molecule has 1 amide bonds. The van der Waals surface area contributed by atoms with Crippen LogP contribution in [0.25, 0.3) is 0 Å². The third kappa shape index (κ3) is 7.02. The number of carbonyl (C=O) groups is 2. The molecule has 5 heteroatoms. The summed E-state index contributed by atoms with van der Waals surface area (Å²) in [4.78, 5) is 22.7. The molecule has 0 saturated carbocycles. The maximum Gasteiger partial charge on any atom is 0.408 e. The highest BCUT2D eigenvalue weighted by molar-refractivity contribution is 5.79. The third-order valence-electron chi connectivity index (χ3n) is 2.87. The van der Waals surface area contributed by atoms with Gasteiger partial charge in [-0.25, -0.2) is 9.59 Å². The number of unbranched alkanes of at least 4 members (excludes halogenated alkanes) is 2. The second-order valence-corrected chi connectivity index (χ2v) is 4.55. The van der Waals surface area contributed by atoms with Crippen LogP contribution in [0.5, 0.6) is 0 Å². The number of rotatable bonds is 8. The van der Waals surface area contributed by atoms with Crippen LogP contribution in [-0.2, 0) is 16.1 Å². The van der Waals surface area contributed by atoms with Crippen LogP contribution in [0, 0.1) is 12.3 Å². The van der Waals surface area contributed by atoms with Gasteiger partial charge in [-0.1, -0.05) is 30.3 Å². The summed E-state index contributed by atoms with van der Waals surface area (Å²) >= 11 is 0. The zero-order valence-electron chi connectivity index (χ0n) is 11.7. The molecule has 1 aromatic carbocycles. The van der Waals surface area contributed by atoms with Gasteiger partial charge >= 0.3 is 12.1 Å². The van der Waals surface area contributed by atoms with Gasteiger partial charge in [-0.05, 0) is 24.8 Å². The Balaban J connectivity index is 2.35. The maximum absolute atomic E-state index is 11.6. The van der Waals surface area contributed by atoms with Crippen LogP contribution in [0.1, 0.15) is 31.2 Å². The molecular weight excluding hydrogens is 270 g/mol. The number of hydrogen-bond acceptors (Lipinski definition) is 3. The van der Waals surface area contributed by atoms with Crippen molar-refractivity contribution in [2.75, 3.05) is 0 Å². The zero-order valence-corrected chi connectivity index (χ0v) is 11.7. The number of nitrogens with one attached hydrogen (secondary N) is 1. The standard InChI is InChI=1S/C16H19NO4/c1-2-3-4-8-11-14(15(18)19)17-16(20)21-12-13-9-6-5-7-10-13/h1,5-7,9-10,14H,3-4,8,11-12H2,(H,17,20)(H,18,19)/t14-/m0/s1. The third-order valence-corrected chi connectivity index (χ3v) is 2.87. The molecular formula is C16H19NO4. The molecule has 0 bridgehead atoms. The quantitative estimate of drug-likeness (QED) is 0.569. The van der Waals surface area contributed by atoms with E-state index in [2.05, 4.69) is 11.2 Å². The van der Waals surface area contributed by atoms with Crippen LogP contribution in [-0.4, -0.2) is 23.2 Å². The number of hydrogen-bond donors (Lipinski definition) is 2. The van der Waals surface area contributed by atoms with Gasteiger partial charge in [0, 0.05) is 6.42 Å². The lowest BCUT2D eigenvalue weighted by Gasteiger charge is -2.14. The maximum atomic E-state index is 11.6. The van der Waals surface area contributed by atoms with Crippen molar-refractivity contribution in [2.24, 2.45) is 0 Å². The van der Waals surface area contributed by atoms with E-state index >= 15 is 0 Å². The topological polar surface area (TPSA) is 75.6 Å². The number of amides is 1. The van der Waals surface area contributed by atoms with E-state index in [0.717, 1.165) is 12.0 Å². The smallest absolute Gasteiger partial charge is 0.408 e. The Morgan fingerprint density at radius 2 is 2.00 bits per heavy atom. The first kappa shape index (κ1) is 16.6. The van der Waals surface area contributed by atoms with Crippen LogP contribution < -0.4 is 5.32 Å². The molecule has 5 nitrogen and oxygen atoms in total. The highest BCUT2D eigenvalue weighted by atomic mass is 16.5. The Morgan fingerprint density at radius 3 is 2.62 bits per heavy atom. The summed E-state index contributed by atoms with van der Waals surface area (Å²) in [5, 5.41) is 11.4. The van der Waals surface area contributed by atoms with Gasteiger partial charge in [0.2, 0.25) is 0 Å². The van der Waals surface area contributed by atoms with Crippen molar-refractivity contribution in [3.05, 3.63) is 35.9 Å². The van der Waals surface area contributed by atoms with Crippen LogP contribution in [0.3, 0.4) is 0 Å². The summed E-state index contributed by atoms with van der Waals surface area (Å²) in [7, 11) is 0. The average molecular weight is 289 g/mol. The Labute approximate surface area is 124 Å². The Morgan fingerprint density at radius 1 is 1.29 bits per heavy atom. The molecule has 2 N–H and O–H groups in total. The molecule has 0 fully saturated rings. The normalized spacial score (nSPS) is 11.2. The first-order valence-corrected chi connectivity index (χ1v) is 6.77. The van der Waals surface area contributed by atoms with E-state index in [1.165, 1.54) is 0 Å². The van der Waals surface area contributed by atoms with Crippen LogP contribution in [0.2, 0.25) is 0 Å². The lowest BCUT2D eigenvalue weighted by Crippen LogP contribution is -2.40. The number of carbonyl (C=O) groups excluding carboxylic acids is 1. The minimum absolute atomic E-state index is 0.107. The second-order valence-electron chi connectivity index (χ2n) is 4.55. The van der Waals surface area contributed by atoms with E-state index in [4.69, 9.17) is 16.3 Å². The van der Waals surface area contributed by atoms with Crippen molar-refractivity contribution in [2.45, 2.75) is 38.3 Å². The predicted octanol–water partition coefficient (Wildman–Crippen LogP) is 2.56. The summed E-state index contributed by atoms with van der Waals surface area (Å²) in [5.41, 5.74) is 0.841. The van der Waals surface area contributed by atoms with E-state index in [0.29, 0.717) is 19.3 Å². The molecule has 112 valence electrons. The zero-order chi connectivity index (χ0) is 15.5. The average Bonchev–Trinajstić information content (AvgIpc) is 2.49. The molecule has 1 aromatic rings. The van der Waals surface area contributed by atoms with Crippen molar-refractivity contribution in [1.29, 1.82) is 0 Å². The summed E-state index contributed by atoms with van der Waals surface area (Å²) in [6.45, 7) is 0.107. The molecule has 0 aliphatic carbocycles. The SMILES string of the molecule is C#CCCCC[C@H](NC(=O)OCc1ccccc1)C(=O)O. The molecule has 0 aliphatic heterocycles. The fourth-order valence-electron chi connectivity index (χ4n) is 1.74. The summed E-state index contributed by atoms with van der Waals surface area (Å²) < 4.78 is 4.99. The van der Waals surface area contributed by atoms with Crippen molar-refractivity contribution in [3.63, 3.8) is 0 Å². The molecule has 1 atom stereocenters. The lowest BCUT2D eigenvalue weighted by atomic mass is 10.1. The first-order chi connectivity index (χ1) is 10.1. The predicted molar refractivity (Wildman–Crippen MR) is 78.5 cm³/mol. The highest BCUT2D eigenvalue weighted by Crippen LogP contribution is 2.05. The van der Waals surface area contributed by atoms with E-state index in [1.807, 2.05) is 30.3 Å². The van der Waals surface area contributed by atoms with Gasteiger partial charge in [-0.3, -0.25) is 0 Å². The highest BCUT2D eigenvalue weighted by Gasteiger charge is 2.19. The van der Waals surface area contributed by atoms with Gasteiger partial charge in [0.25, 0.3) is 0 Å². The van der Waals surface area contributed by atoms with Gasteiger partial charge in [-0.2, -0.15) is 0 Å². The lowest BCUT2D eigenvalue weighted by molar-refractivity contribution is -0.139. The number of aliphatic carboxylic acids is 1. The molecule has 0 saturated heterocycles. The van der Waals surface area contributed by atoms with E-state index < -0.39 is 18.1 Å². The van der Waals surface area contributed by atoms with Gasteiger partial charge in [0.1, 0.15) is 12.6 Å². The van der Waals surface area contributed by atoms with Gasteiger partial charge < -0.3 is 15.2 Å². The Bertz CT molecular complexity index is 493. The number of terminal acetylenes is 1. The number of ether oxygens (including phenoxy) is 1. The van der Waals surface area contributed by atoms with Crippen LogP contribution in [0.4, 0.5) is 4.79 Å². The molecule has 0 heterocycles. The molecule has 0 unspecified atom stereocenters. The first-order valence-electron chi connectivity index (χ1n) is 6.77. The Hall–Kier alpha value is -2.48. The summed E-state index contributed by atoms with van der Waals surface area (Å²) in [6.07, 6.45) is 6.70.